The smallest absolute Gasteiger partial charge is 0.274 e. The van der Waals surface area contributed by atoms with Gasteiger partial charge in [0.25, 0.3) is 5.91 Å². The Morgan fingerprint density at radius 3 is 2.92 bits per heavy atom. The van der Waals surface area contributed by atoms with E-state index in [9.17, 15) is 4.79 Å². The number of hydrogen-bond donors (Lipinski definition) is 1. The molecule has 1 aliphatic heterocycles. The second-order valence-corrected chi connectivity index (χ2v) is 5.95. The second kappa shape index (κ2) is 7.05. The summed E-state index contributed by atoms with van der Waals surface area (Å²) in [5.74, 6) is 0.780. The quantitative estimate of drug-likeness (QED) is 0.933. The van der Waals surface area contributed by atoms with Crippen LogP contribution in [0, 0.1) is 6.92 Å². The number of benzene rings is 1. The fourth-order valence-corrected chi connectivity index (χ4v) is 3.25. The van der Waals surface area contributed by atoms with E-state index in [-0.39, 0.29) is 11.9 Å². The van der Waals surface area contributed by atoms with Gasteiger partial charge in [-0.05, 0) is 26.0 Å². The number of aromatic nitrogens is 2. The molecule has 0 unspecified atom stereocenters. The number of methoxy groups -OCH3 is 1. The second-order valence-electron chi connectivity index (χ2n) is 5.95. The molecule has 0 bridgehead atoms. The van der Waals surface area contributed by atoms with E-state index >= 15 is 0 Å². The molecule has 1 aromatic heterocycles. The van der Waals surface area contributed by atoms with Crippen molar-refractivity contribution in [3.63, 3.8) is 0 Å². The Bertz CT molecular complexity index is 726. The van der Waals surface area contributed by atoms with Gasteiger partial charge >= 0.3 is 0 Å². The Balaban J connectivity index is 1.93. The summed E-state index contributed by atoms with van der Waals surface area (Å²) in [7, 11) is 1.66. The third-order valence-corrected chi connectivity index (χ3v) is 4.50. The molecule has 1 amide bonds. The number of carbonyl (C=O) groups is 1. The van der Waals surface area contributed by atoms with Crippen molar-refractivity contribution < 1.29 is 9.53 Å². The zero-order valence-electron chi connectivity index (χ0n) is 14.5. The first kappa shape index (κ1) is 16.5. The third-order valence-electron chi connectivity index (χ3n) is 4.50. The van der Waals surface area contributed by atoms with Gasteiger partial charge in [-0.25, -0.2) is 0 Å². The van der Waals surface area contributed by atoms with Crippen LogP contribution in [0.15, 0.2) is 30.3 Å². The molecule has 1 fully saturated rings. The van der Waals surface area contributed by atoms with Crippen molar-refractivity contribution >= 4 is 5.91 Å². The fraction of sp³-hybridized carbons (Fsp3) is 0.444. The monoisotopic (exact) mass is 328 g/mol. The van der Waals surface area contributed by atoms with Crippen LogP contribution in [0.1, 0.15) is 34.7 Å². The maximum absolute atomic E-state index is 13.0. The standard InChI is InChI=1S/C18H24N4O2/c1-4-22-13(2)11-15(20-22)18(23)21-10-9-19-12-16(21)14-7-5-6-8-17(14)24-3/h5-8,11,16,19H,4,9-10,12H2,1-3H3/t16-/m1/s1. The molecule has 0 aliphatic carbocycles. The van der Waals surface area contributed by atoms with Crippen molar-refractivity contribution in [1.29, 1.82) is 0 Å². The summed E-state index contributed by atoms with van der Waals surface area (Å²) >= 11 is 0. The van der Waals surface area contributed by atoms with Gasteiger partial charge in [0.2, 0.25) is 0 Å². The van der Waals surface area contributed by atoms with Gasteiger partial charge in [0, 0.05) is 37.4 Å². The predicted molar refractivity (Wildman–Crippen MR) is 92.3 cm³/mol. The van der Waals surface area contributed by atoms with Crippen LogP contribution in [0.2, 0.25) is 0 Å². The van der Waals surface area contributed by atoms with Gasteiger partial charge in [-0.2, -0.15) is 5.10 Å². The number of hydrogen-bond acceptors (Lipinski definition) is 4. The minimum absolute atomic E-state index is 0.0253. The number of piperazine rings is 1. The molecule has 1 atom stereocenters. The molecule has 3 rings (SSSR count). The van der Waals surface area contributed by atoms with Crippen LogP contribution in [0.3, 0.4) is 0 Å². The lowest BCUT2D eigenvalue weighted by Gasteiger charge is -2.36. The lowest BCUT2D eigenvalue weighted by atomic mass is 10.0. The molecule has 0 spiro atoms. The molecule has 1 N–H and O–H groups in total. The summed E-state index contributed by atoms with van der Waals surface area (Å²) in [4.78, 5) is 14.9. The average molecular weight is 328 g/mol. The number of rotatable bonds is 4. The van der Waals surface area contributed by atoms with Gasteiger partial charge < -0.3 is 15.0 Å². The lowest BCUT2D eigenvalue weighted by Crippen LogP contribution is -2.48. The van der Waals surface area contributed by atoms with Crippen LogP contribution in [0.25, 0.3) is 0 Å². The Labute approximate surface area is 142 Å². The van der Waals surface area contributed by atoms with Crippen molar-refractivity contribution in [1.82, 2.24) is 20.0 Å². The van der Waals surface area contributed by atoms with E-state index in [4.69, 9.17) is 4.74 Å². The highest BCUT2D eigenvalue weighted by molar-refractivity contribution is 5.93. The Hall–Kier alpha value is -2.34. The summed E-state index contributed by atoms with van der Waals surface area (Å²) in [5.41, 5.74) is 2.54. The van der Waals surface area contributed by atoms with Crippen LogP contribution >= 0.6 is 0 Å². The summed E-state index contributed by atoms with van der Waals surface area (Å²) in [6.07, 6.45) is 0. The highest BCUT2D eigenvalue weighted by Crippen LogP contribution is 2.31. The Morgan fingerprint density at radius 1 is 1.42 bits per heavy atom. The molecule has 128 valence electrons. The third kappa shape index (κ3) is 3.01. The van der Waals surface area contributed by atoms with Gasteiger partial charge in [-0.1, -0.05) is 18.2 Å². The first-order chi connectivity index (χ1) is 11.7. The van der Waals surface area contributed by atoms with E-state index in [1.165, 1.54) is 0 Å². The van der Waals surface area contributed by atoms with E-state index < -0.39 is 0 Å². The van der Waals surface area contributed by atoms with Gasteiger partial charge in [-0.3, -0.25) is 9.48 Å². The molecule has 0 saturated carbocycles. The van der Waals surface area contributed by atoms with Crippen molar-refractivity contribution in [2.75, 3.05) is 26.7 Å². The van der Waals surface area contributed by atoms with Crippen molar-refractivity contribution in [3.05, 3.63) is 47.3 Å². The van der Waals surface area contributed by atoms with E-state index in [0.717, 1.165) is 30.1 Å². The Morgan fingerprint density at radius 2 is 2.21 bits per heavy atom. The fourth-order valence-electron chi connectivity index (χ4n) is 3.25. The van der Waals surface area contributed by atoms with Crippen LogP contribution in [-0.4, -0.2) is 47.3 Å². The molecular weight excluding hydrogens is 304 g/mol. The number of nitrogens with zero attached hydrogens (tertiary/aromatic N) is 3. The predicted octanol–water partition coefficient (Wildman–Crippen LogP) is 2.01. The zero-order chi connectivity index (χ0) is 17.1. The number of carbonyl (C=O) groups excluding carboxylic acids is 1. The van der Waals surface area contributed by atoms with Gasteiger partial charge in [-0.15, -0.1) is 0 Å². The molecule has 1 aromatic carbocycles. The van der Waals surface area contributed by atoms with E-state index in [0.29, 0.717) is 18.8 Å². The lowest BCUT2D eigenvalue weighted by molar-refractivity contribution is 0.0624. The molecule has 2 aromatic rings. The molecule has 6 heteroatoms. The van der Waals surface area contributed by atoms with Crippen molar-refractivity contribution in [2.45, 2.75) is 26.4 Å². The van der Waals surface area contributed by atoms with Gasteiger partial charge in [0.05, 0.1) is 13.2 Å². The average Bonchev–Trinajstić information content (AvgIpc) is 3.02. The van der Waals surface area contributed by atoms with Crippen molar-refractivity contribution in [3.8, 4) is 5.75 Å². The maximum atomic E-state index is 13.0. The largest absolute Gasteiger partial charge is 0.496 e. The molecule has 0 radical (unpaired) electrons. The number of amides is 1. The summed E-state index contributed by atoms with van der Waals surface area (Å²) in [5, 5.41) is 7.82. The number of para-hydroxylation sites is 1. The number of nitrogens with one attached hydrogen (secondary N) is 1. The topological polar surface area (TPSA) is 59.4 Å². The molecule has 1 saturated heterocycles. The highest BCUT2D eigenvalue weighted by Gasteiger charge is 2.31. The van der Waals surface area contributed by atoms with Gasteiger partial charge in [0.1, 0.15) is 5.75 Å². The first-order valence-corrected chi connectivity index (χ1v) is 8.34. The molecule has 24 heavy (non-hydrogen) atoms. The normalized spacial score (nSPS) is 17.8. The molecular formula is C18H24N4O2. The SMILES string of the molecule is CCn1nc(C(=O)N2CCNC[C@@H]2c2ccccc2OC)cc1C. The highest BCUT2D eigenvalue weighted by atomic mass is 16.5. The van der Waals surface area contributed by atoms with E-state index in [1.807, 2.05) is 53.8 Å². The van der Waals surface area contributed by atoms with Crippen LogP contribution in [-0.2, 0) is 6.54 Å². The first-order valence-electron chi connectivity index (χ1n) is 8.34. The molecule has 2 heterocycles. The number of ether oxygens (including phenoxy) is 1. The van der Waals surface area contributed by atoms with Crippen LogP contribution in [0.4, 0.5) is 0 Å². The number of aryl methyl sites for hydroxylation is 2. The minimum Gasteiger partial charge on any atom is -0.496 e. The summed E-state index contributed by atoms with van der Waals surface area (Å²) in [6.45, 7) is 6.90. The minimum atomic E-state index is -0.0607. The van der Waals surface area contributed by atoms with Crippen molar-refractivity contribution in [2.24, 2.45) is 0 Å². The van der Waals surface area contributed by atoms with E-state index in [2.05, 4.69) is 10.4 Å². The molecule has 6 nitrogen and oxygen atoms in total. The summed E-state index contributed by atoms with van der Waals surface area (Å²) < 4.78 is 7.34. The maximum Gasteiger partial charge on any atom is 0.274 e. The Kier molecular flexibility index (Phi) is 4.85. The van der Waals surface area contributed by atoms with Crippen LogP contribution in [0.5, 0.6) is 5.75 Å². The summed E-state index contributed by atoms with van der Waals surface area (Å²) in [6, 6.07) is 9.68. The van der Waals surface area contributed by atoms with Gasteiger partial charge in [0.15, 0.2) is 5.69 Å². The van der Waals surface area contributed by atoms with E-state index in [1.54, 1.807) is 7.11 Å². The zero-order valence-corrected chi connectivity index (χ0v) is 14.5. The molecule has 1 aliphatic rings. The van der Waals surface area contributed by atoms with Crippen LogP contribution < -0.4 is 10.1 Å².